The Morgan fingerprint density at radius 2 is 1.50 bits per heavy atom. The number of hydrogen-bond acceptors (Lipinski definition) is 3. The summed E-state index contributed by atoms with van der Waals surface area (Å²) in [6.45, 7) is 5.76. The molecule has 0 aromatic rings. The summed E-state index contributed by atoms with van der Waals surface area (Å²) in [5.74, 6) is -0.296. The highest BCUT2D eigenvalue weighted by molar-refractivity contribution is 5.93. The number of esters is 1. The molecule has 126 valence electrons. The second kappa shape index (κ2) is 11.5. The van der Waals surface area contributed by atoms with Crippen molar-refractivity contribution in [2.24, 2.45) is 0 Å². The summed E-state index contributed by atoms with van der Waals surface area (Å²) in [4.78, 5) is 11.4. The van der Waals surface area contributed by atoms with E-state index in [4.69, 9.17) is 4.74 Å². The van der Waals surface area contributed by atoms with Crippen molar-refractivity contribution in [3.05, 3.63) is 24.0 Å². The van der Waals surface area contributed by atoms with Gasteiger partial charge in [-0.1, -0.05) is 83.8 Å². The normalized spacial score (nSPS) is 19.9. The molecule has 0 radical (unpaired) electrons. The van der Waals surface area contributed by atoms with Crippen LogP contribution in [0.25, 0.3) is 0 Å². The highest BCUT2D eigenvalue weighted by atomic mass is 16.6. The number of aliphatic hydroxyl groups is 1. The van der Waals surface area contributed by atoms with Gasteiger partial charge in [0.05, 0.1) is 5.57 Å². The molecule has 1 aliphatic heterocycles. The van der Waals surface area contributed by atoms with Crippen molar-refractivity contribution in [3.63, 3.8) is 0 Å². The van der Waals surface area contributed by atoms with Crippen molar-refractivity contribution in [1.82, 2.24) is 0 Å². The molecule has 22 heavy (non-hydrogen) atoms. The van der Waals surface area contributed by atoms with E-state index in [1.54, 1.807) is 6.08 Å². The highest BCUT2D eigenvalue weighted by Gasteiger charge is 2.32. The summed E-state index contributed by atoms with van der Waals surface area (Å²) < 4.78 is 4.79. The fourth-order valence-electron chi connectivity index (χ4n) is 2.78. The third-order valence-corrected chi connectivity index (χ3v) is 4.23. The molecule has 0 bridgehead atoms. The van der Waals surface area contributed by atoms with E-state index in [-0.39, 0.29) is 5.76 Å². The molecule has 0 aromatic heterocycles. The lowest BCUT2D eigenvalue weighted by Crippen LogP contribution is -2.07. The van der Waals surface area contributed by atoms with Crippen LogP contribution in [0.15, 0.2) is 24.0 Å². The molecule has 1 N–H and O–H groups in total. The minimum atomic E-state index is -0.930. The molecule has 1 fully saturated rings. The Morgan fingerprint density at radius 3 is 1.95 bits per heavy atom. The molecule has 0 saturated carbocycles. The van der Waals surface area contributed by atoms with Gasteiger partial charge >= 0.3 is 5.97 Å². The van der Waals surface area contributed by atoms with Crippen LogP contribution in [0.3, 0.4) is 0 Å². The molecule has 1 saturated heterocycles. The van der Waals surface area contributed by atoms with Crippen LogP contribution >= 0.6 is 0 Å². The summed E-state index contributed by atoms with van der Waals surface area (Å²) in [6, 6.07) is 0. The molecule has 1 heterocycles. The van der Waals surface area contributed by atoms with Gasteiger partial charge in [0.15, 0.2) is 0 Å². The van der Waals surface area contributed by atoms with Crippen LogP contribution in [0.5, 0.6) is 0 Å². The zero-order valence-corrected chi connectivity index (χ0v) is 14.1. The van der Waals surface area contributed by atoms with Crippen LogP contribution in [0.4, 0.5) is 0 Å². The maximum atomic E-state index is 11.4. The number of rotatable bonds is 12. The molecular formula is C19H32O3. The number of aliphatic hydroxyl groups excluding tert-OH is 1. The van der Waals surface area contributed by atoms with Gasteiger partial charge in [-0.05, 0) is 12.8 Å². The summed E-state index contributed by atoms with van der Waals surface area (Å²) in [5.41, 5.74) is 0.358. The van der Waals surface area contributed by atoms with Crippen molar-refractivity contribution in [2.45, 2.75) is 90.1 Å². The number of unbranched alkanes of at least 4 members (excludes halogenated alkanes) is 11. The minimum absolute atomic E-state index is 0.148. The molecule has 1 rings (SSSR count). The van der Waals surface area contributed by atoms with Crippen molar-refractivity contribution in [3.8, 4) is 0 Å². The van der Waals surface area contributed by atoms with Gasteiger partial charge in [0.1, 0.15) is 11.9 Å². The van der Waals surface area contributed by atoms with Crippen molar-refractivity contribution < 1.29 is 14.6 Å². The largest absolute Gasteiger partial charge is 0.425 e. The van der Waals surface area contributed by atoms with Crippen molar-refractivity contribution in [1.29, 1.82) is 0 Å². The third kappa shape index (κ3) is 7.26. The van der Waals surface area contributed by atoms with Gasteiger partial charge in [0.2, 0.25) is 0 Å². The van der Waals surface area contributed by atoms with Crippen LogP contribution in [-0.2, 0) is 9.53 Å². The van der Waals surface area contributed by atoms with Crippen LogP contribution in [0.1, 0.15) is 84.0 Å². The maximum absolute atomic E-state index is 11.4. The van der Waals surface area contributed by atoms with Crippen LogP contribution in [0.2, 0.25) is 0 Å². The average Bonchev–Trinajstić information content (AvgIpc) is 2.74. The zero-order valence-electron chi connectivity index (χ0n) is 14.1. The van der Waals surface area contributed by atoms with E-state index in [1.165, 1.54) is 64.2 Å². The van der Waals surface area contributed by atoms with Gasteiger partial charge < -0.3 is 9.84 Å². The monoisotopic (exact) mass is 308 g/mol. The van der Waals surface area contributed by atoms with Gasteiger partial charge in [-0.2, -0.15) is 0 Å². The molecular weight excluding hydrogens is 276 g/mol. The Morgan fingerprint density at radius 1 is 1.00 bits per heavy atom. The molecule has 1 aliphatic rings. The summed E-state index contributed by atoms with van der Waals surface area (Å²) >= 11 is 0. The first kappa shape index (κ1) is 19.0. The fraction of sp³-hybridized carbons (Fsp3) is 0.737. The van der Waals surface area contributed by atoms with E-state index in [0.29, 0.717) is 5.57 Å². The lowest BCUT2D eigenvalue weighted by molar-refractivity contribution is -0.132. The van der Waals surface area contributed by atoms with E-state index < -0.39 is 12.1 Å². The summed E-state index contributed by atoms with van der Waals surface area (Å²) in [6.07, 6.45) is 16.1. The Hall–Kier alpha value is -1.09. The number of cyclic esters (lactones) is 1. The molecule has 3 heteroatoms. The lowest BCUT2D eigenvalue weighted by Gasteiger charge is -2.02. The zero-order chi connectivity index (χ0) is 16.2. The van der Waals surface area contributed by atoms with Gasteiger partial charge in [-0.25, -0.2) is 4.79 Å². The van der Waals surface area contributed by atoms with E-state index >= 15 is 0 Å². The van der Waals surface area contributed by atoms with E-state index in [1.807, 2.05) is 0 Å². The molecule has 0 amide bonds. The Bertz CT molecular complexity index is 371. The first-order valence-electron chi connectivity index (χ1n) is 8.96. The number of carbonyl (C=O) groups excluding carboxylic acids is 1. The molecule has 0 aromatic carbocycles. The number of ether oxygens (including phenoxy) is 1. The summed E-state index contributed by atoms with van der Waals surface area (Å²) in [5, 5.41) is 9.69. The molecule has 0 aliphatic carbocycles. The van der Waals surface area contributed by atoms with E-state index in [0.717, 1.165) is 12.8 Å². The maximum Gasteiger partial charge on any atom is 0.341 e. The van der Waals surface area contributed by atoms with Gasteiger partial charge in [-0.3, -0.25) is 0 Å². The standard InChI is InChI=1S/C19H32O3/c1-3-4-5-6-7-8-9-10-11-12-13-14-15-17-18(20)16(2)22-19(17)21/h15,18,20H,2-14H2,1H3/b17-15-. The molecule has 1 unspecified atom stereocenters. The SMILES string of the molecule is C=C1OC(=O)/C(=C\CCCCCCCCCCCCC)C1O. The van der Waals surface area contributed by atoms with Crippen molar-refractivity contribution >= 4 is 5.97 Å². The number of hydrogen-bond donors (Lipinski definition) is 1. The molecule has 0 spiro atoms. The fourth-order valence-corrected chi connectivity index (χ4v) is 2.78. The van der Waals surface area contributed by atoms with Crippen LogP contribution < -0.4 is 0 Å². The van der Waals surface area contributed by atoms with Crippen molar-refractivity contribution in [2.75, 3.05) is 0 Å². The predicted molar refractivity (Wildman–Crippen MR) is 90.4 cm³/mol. The number of allylic oxidation sites excluding steroid dienone is 1. The first-order chi connectivity index (χ1) is 10.7. The van der Waals surface area contributed by atoms with Crippen LogP contribution in [-0.4, -0.2) is 17.2 Å². The second-order valence-electron chi connectivity index (χ2n) is 6.24. The molecule has 3 nitrogen and oxygen atoms in total. The topological polar surface area (TPSA) is 46.5 Å². The van der Waals surface area contributed by atoms with E-state index in [9.17, 15) is 9.90 Å². The van der Waals surface area contributed by atoms with Gasteiger partial charge in [-0.15, -0.1) is 0 Å². The predicted octanol–water partition coefficient (Wildman–Crippen LogP) is 5.05. The van der Waals surface area contributed by atoms with E-state index in [2.05, 4.69) is 13.5 Å². The minimum Gasteiger partial charge on any atom is -0.425 e. The smallest absolute Gasteiger partial charge is 0.341 e. The summed E-state index contributed by atoms with van der Waals surface area (Å²) in [7, 11) is 0. The first-order valence-corrected chi connectivity index (χ1v) is 8.96. The third-order valence-electron chi connectivity index (χ3n) is 4.23. The second-order valence-corrected chi connectivity index (χ2v) is 6.24. The highest BCUT2D eigenvalue weighted by Crippen LogP contribution is 2.23. The Kier molecular flexibility index (Phi) is 9.89. The lowest BCUT2D eigenvalue weighted by atomic mass is 10.0. The number of carbonyl (C=O) groups is 1. The Labute approximate surface area is 135 Å². The van der Waals surface area contributed by atoms with Gasteiger partial charge in [0.25, 0.3) is 0 Å². The quantitative estimate of drug-likeness (QED) is 0.312. The van der Waals surface area contributed by atoms with Gasteiger partial charge in [0, 0.05) is 0 Å². The molecule has 1 atom stereocenters. The van der Waals surface area contributed by atoms with Crippen LogP contribution in [0, 0.1) is 0 Å². The Balaban J connectivity index is 1.94. The average molecular weight is 308 g/mol.